The minimum Gasteiger partial charge on any atom is -0.444 e. The fourth-order valence-electron chi connectivity index (χ4n) is 1.30. The first kappa shape index (κ1) is 14.3. The van der Waals surface area contributed by atoms with E-state index in [0.29, 0.717) is 0 Å². The third-order valence-corrected chi connectivity index (χ3v) is 2.12. The van der Waals surface area contributed by atoms with Crippen LogP contribution in [0.4, 0.5) is 4.79 Å². The maximum atomic E-state index is 11.5. The van der Waals surface area contributed by atoms with E-state index in [0.717, 1.165) is 25.7 Å². The highest BCUT2D eigenvalue weighted by molar-refractivity contribution is 5.68. The summed E-state index contributed by atoms with van der Waals surface area (Å²) < 4.78 is 5.20. The van der Waals surface area contributed by atoms with Gasteiger partial charge in [-0.2, -0.15) is 0 Å². The minimum absolute atomic E-state index is 0.250. The van der Waals surface area contributed by atoms with Crippen LogP contribution in [0.15, 0.2) is 0 Å². The molecule has 0 rings (SSSR count). The van der Waals surface area contributed by atoms with E-state index in [1.54, 1.807) is 0 Å². The lowest BCUT2D eigenvalue weighted by molar-refractivity contribution is 0.0500. The van der Waals surface area contributed by atoms with Gasteiger partial charge in [0.15, 0.2) is 0 Å². The lowest BCUT2D eigenvalue weighted by Crippen LogP contribution is -2.38. The van der Waals surface area contributed by atoms with Crippen LogP contribution in [0, 0.1) is 0 Å². The van der Waals surface area contributed by atoms with E-state index in [1.807, 2.05) is 20.8 Å². The van der Waals surface area contributed by atoms with Crippen LogP contribution < -0.4 is 5.32 Å². The molecule has 0 aromatic carbocycles. The largest absolute Gasteiger partial charge is 0.444 e. The van der Waals surface area contributed by atoms with Crippen molar-refractivity contribution in [3.8, 4) is 0 Å². The SMILES string of the molecule is CCCC[C@@H](CC)NC(=O)OC(C)(C)C. The molecule has 0 saturated carbocycles. The Morgan fingerprint density at radius 3 is 2.33 bits per heavy atom. The van der Waals surface area contributed by atoms with Crippen LogP contribution in [-0.2, 0) is 4.74 Å². The molecule has 0 aliphatic rings. The minimum atomic E-state index is -0.410. The summed E-state index contributed by atoms with van der Waals surface area (Å²) in [6.45, 7) is 9.86. The number of carbonyl (C=O) groups is 1. The number of alkyl carbamates (subject to hydrolysis) is 1. The Morgan fingerprint density at radius 2 is 1.93 bits per heavy atom. The van der Waals surface area contributed by atoms with Gasteiger partial charge in [0.25, 0.3) is 0 Å². The maximum Gasteiger partial charge on any atom is 0.407 e. The zero-order chi connectivity index (χ0) is 11.9. The monoisotopic (exact) mass is 215 g/mol. The second kappa shape index (κ2) is 6.70. The number of hydrogen-bond acceptors (Lipinski definition) is 2. The van der Waals surface area contributed by atoms with Crippen molar-refractivity contribution in [1.29, 1.82) is 0 Å². The van der Waals surface area contributed by atoms with Crippen LogP contribution >= 0.6 is 0 Å². The summed E-state index contributed by atoms with van der Waals surface area (Å²) in [5, 5.41) is 2.90. The van der Waals surface area contributed by atoms with Crippen molar-refractivity contribution in [2.75, 3.05) is 0 Å². The quantitative estimate of drug-likeness (QED) is 0.762. The predicted molar refractivity (Wildman–Crippen MR) is 63.0 cm³/mol. The smallest absolute Gasteiger partial charge is 0.407 e. The molecule has 1 atom stereocenters. The van der Waals surface area contributed by atoms with Crippen LogP contribution in [0.2, 0.25) is 0 Å². The van der Waals surface area contributed by atoms with Crippen molar-refractivity contribution in [2.45, 2.75) is 71.9 Å². The Labute approximate surface area is 93.6 Å². The van der Waals surface area contributed by atoms with Gasteiger partial charge in [-0.05, 0) is 33.6 Å². The van der Waals surface area contributed by atoms with Crippen LogP contribution in [0.1, 0.15) is 60.3 Å². The molecule has 0 spiro atoms. The Kier molecular flexibility index (Phi) is 6.37. The highest BCUT2D eigenvalue weighted by Crippen LogP contribution is 2.09. The molecule has 0 fully saturated rings. The Balaban J connectivity index is 3.91. The third-order valence-electron chi connectivity index (χ3n) is 2.12. The first-order valence-electron chi connectivity index (χ1n) is 5.88. The zero-order valence-corrected chi connectivity index (χ0v) is 10.7. The summed E-state index contributed by atoms with van der Waals surface area (Å²) in [6.07, 6.45) is 4.00. The van der Waals surface area contributed by atoms with Crippen LogP contribution in [0.5, 0.6) is 0 Å². The highest BCUT2D eigenvalue weighted by atomic mass is 16.6. The van der Waals surface area contributed by atoms with Gasteiger partial charge in [0.1, 0.15) is 5.60 Å². The van der Waals surface area contributed by atoms with Crippen LogP contribution in [0.25, 0.3) is 0 Å². The molecule has 0 aromatic heterocycles. The van der Waals surface area contributed by atoms with E-state index in [-0.39, 0.29) is 12.1 Å². The molecule has 0 radical (unpaired) electrons. The molecule has 1 N–H and O–H groups in total. The van der Waals surface area contributed by atoms with E-state index in [1.165, 1.54) is 0 Å². The summed E-state index contributed by atoms with van der Waals surface area (Å²) in [4.78, 5) is 11.5. The van der Waals surface area contributed by atoms with Crippen molar-refractivity contribution in [2.24, 2.45) is 0 Å². The Bertz CT molecular complexity index is 185. The van der Waals surface area contributed by atoms with E-state index in [4.69, 9.17) is 4.74 Å². The number of carbonyl (C=O) groups excluding carboxylic acids is 1. The van der Waals surface area contributed by atoms with Crippen molar-refractivity contribution in [3.05, 3.63) is 0 Å². The highest BCUT2D eigenvalue weighted by Gasteiger charge is 2.18. The van der Waals surface area contributed by atoms with E-state index in [2.05, 4.69) is 19.2 Å². The summed E-state index contributed by atoms with van der Waals surface area (Å²) >= 11 is 0. The van der Waals surface area contributed by atoms with Gasteiger partial charge >= 0.3 is 6.09 Å². The number of nitrogens with one attached hydrogen (secondary N) is 1. The number of amides is 1. The Morgan fingerprint density at radius 1 is 1.33 bits per heavy atom. The standard InChI is InChI=1S/C12H25NO2/c1-6-8-9-10(7-2)13-11(14)15-12(3,4)5/h10H,6-9H2,1-5H3,(H,13,14)/t10-/m1/s1. The second-order valence-electron chi connectivity index (χ2n) is 4.89. The molecule has 0 aromatic rings. The first-order chi connectivity index (χ1) is 6.89. The van der Waals surface area contributed by atoms with Crippen molar-refractivity contribution in [3.63, 3.8) is 0 Å². The molecular formula is C12H25NO2. The maximum absolute atomic E-state index is 11.5. The average Bonchev–Trinajstić information content (AvgIpc) is 2.09. The van der Waals surface area contributed by atoms with Gasteiger partial charge in [0, 0.05) is 6.04 Å². The van der Waals surface area contributed by atoms with Crippen LogP contribution in [-0.4, -0.2) is 17.7 Å². The normalized spacial score (nSPS) is 13.4. The number of ether oxygens (including phenoxy) is 1. The van der Waals surface area contributed by atoms with Gasteiger partial charge in [-0.3, -0.25) is 0 Å². The van der Waals surface area contributed by atoms with Crippen molar-refractivity contribution in [1.82, 2.24) is 5.32 Å². The molecule has 0 aliphatic carbocycles. The van der Waals surface area contributed by atoms with Crippen LogP contribution in [0.3, 0.4) is 0 Å². The third kappa shape index (κ3) is 8.28. The van der Waals surface area contributed by atoms with E-state index in [9.17, 15) is 4.79 Å². The Hall–Kier alpha value is -0.730. The van der Waals surface area contributed by atoms with Crippen molar-refractivity contribution < 1.29 is 9.53 Å². The molecule has 3 heteroatoms. The van der Waals surface area contributed by atoms with Gasteiger partial charge < -0.3 is 10.1 Å². The number of rotatable bonds is 5. The van der Waals surface area contributed by atoms with E-state index < -0.39 is 5.60 Å². The topological polar surface area (TPSA) is 38.3 Å². The van der Waals surface area contributed by atoms with Gasteiger partial charge in [0.05, 0.1) is 0 Å². The fourth-order valence-corrected chi connectivity index (χ4v) is 1.30. The molecule has 0 bridgehead atoms. The number of unbranched alkanes of at least 4 members (excludes halogenated alkanes) is 1. The molecule has 0 heterocycles. The molecule has 0 aliphatic heterocycles. The molecule has 15 heavy (non-hydrogen) atoms. The zero-order valence-electron chi connectivity index (χ0n) is 10.7. The summed E-state index contributed by atoms with van der Waals surface area (Å²) in [5.41, 5.74) is -0.410. The lowest BCUT2D eigenvalue weighted by Gasteiger charge is -2.23. The van der Waals surface area contributed by atoms with Gasteiger partial charge in [-0.1, -0.05) is 26.7 Å². The molecule has 1 amide bonds. The molecule has 0 unspecified atom stereocenters. The van der Waals surface area contributed by atoms with Gasteiger partial charge in [-0.25, -0.2) is 4.79 Å². The summed E-state index contributed by atoms with van der Waals surface area (Å²) in [6, 6.07) is 0.250. The van der Waals surface area contributed by atoms with Gasteiger partial charge in [0.2, 0.25) is 0 Å². The summed E-state index contributed by atoms with van der Waals surface area (Å²) in [5.74, 6) is 0. The molecule has 90 valence electrons. The predicted octanol–water partition coefficient (Wildman–Crippen LogP) is 3.48. The first-order valence-corrected chi connectivity index (χ1v) is 5.88. The second-order valence-corrected chi connectivity index (χ2v) is 4.89. The molecule has 3 nitrogen and oxygen atoms in total. The number of hydrogen-bond donors (Lipinski definition) is 1. The fraction of sp³-hybridized carbons (Fsp3) is 0.917. The molecular weight excluding hydrogens is 190 g/mol. The van der Waals surface area contributed by atoms with E-state index >= 15 is 0 Å². The summed E-state index contributed by atoms with van der Waals surface area (Å²) in [7, 11) is 0. The average molecular weight is 215 g/mol. The van der Waals surface area contributed by atoms with Gasteiger partial charge in [-0.15, -0.1) is 0 Å². The lowest BCUT2D eigenvalue weighted by atomic mass is 10.1. The van der Waals surface area contributed by atoms with Crippen molar-refractivity contribution >= 4 is 6.09 Å². The molecule has 0 saturated heterocycles.